The van der Waals surface area contributed by atoms with E-state index in [1.807, 2.05) is 39.0 Å². The third-order valence-corrected chi connectivity index (χ3v) is 6.95. The molecule has 2 aromatic rings. The number of benzene rings is 2. The first kappa shape index (κ1) is 31.4. The Morgan fingerprint density at radius 1 is 1.07 bits per heavy atom. The summed E-state index contributed by atoms with van der Waals surface area (Å²) in [4.78, 5) is 54.4. The number of nitrogens with two attached hydrogens (primary N) is 1. The van der Waals surface area contributed by atoms with Gasteiger partial charge in [-0.3, -0.25) is 14.4 Å². The van der Waals surface area contributed by atoms with Crippen molar-refractivity contribution in [1.82, 2.24) is 10.2 Å². The normalized spacial score (nSPS) is 17.5. The lowest BCUT2D eigenvalue weighted by atomic mass is 9.95. The first-order chi connectivity index (χ1) is 19.2. The highest BCUT2D eigenvalue weighted by molar-refractivity contribution is 5.99. The number of hydrogen-bond acceptors (Lipinski definition) is 6. The van der Waals surface area contributed by atoms with Crippen LogP contribution in [-0.4, -0.2) is 53.5 Å². The Balaban J connectivity index is 2.05. The number of primary amides is 1. The molecule has 1 aliphatic carbocycles. The van der Waals surface area contributed by atoms with Crippen LogP contribution in [0, 0.1) is 19.8 Å². The Morgan fingerprint density at radius 3 is 2.22 bits per heavy atom. The van der Waals surface area contributed by atoms with E-state index < -0.39 is 41.5 Å². The fraction of sp³-hybridized carbons (Fsp3) is 0.484. The summed E-state index contributed by atoms with van der Waals surface area (Å²) in [7, 11) is 1.56. The van der Waals surface area contributed by atoms with Gasteiger partial charge in [0.15, 0.2) is 0 Å². The van der Waals surface area contributed by atoms with Gasteiger partial charge in [0.1, 0.15) is 23.4 Å². The van der Waals surface area contributed by atoms with Gasteiger partial charge in [0.2, 0.25) is 11.8 Å². The van der Waals surface area contributed by atoms with Gasteiger partial charge >= 0.3 is 6.09 Å². The Morgan fingerprint density at radius 2 is 1.71 bits per heavy atom. The Labute approximate surface area is 241 Å². The molecule has 0 radical (unpaired) electrons. The predicted octanol–water partition coefficient (Wildman–Crippen LogP) is 4.39. The van der Waals surface area contributed by atoms with E-state index in [1.165, 1.54) is 0 Å². The molecule has 0 bridgehead atoms. The number of aryl methyl sites for hydroxylation is 2. The van der Waals surface area contributed by atoms with E-state index in [4.69, 9.17) is 15.2 Å². The summed E-state index contributed by atoms with van der Waals surface area (Å²) in [5.74, 6) is -0.715. The van der Waals surface area contributed by atoms with E-state index in [0.717, 1.165) is 11.1 Å². The molecule has 222 valence electrons. The zero-order valence-corrected chi connectivity index (χ0v) is 24.9. The number of anilines is 1. The minimum absolute atomic E-state index is 0.0370. The van der Waals surface area contributed by atoms with Crippen molar-refractivity contribution >= 4 is 29.5 Å². The summed E-state index contributed by atoms with van der Waals surface area (Å²) in [6.45, 7) is 11.0. The number of carbonyl (C=O) groups is 4. The van der Waals surface area contributed by atoms with Gasteiger partial charge in [-0.2, -0.15) is 0 Å². The van der Waals surface area contributed by atoms with Crippen LogP contribution in [0.1, 0.15) is 69.7 Å². The molecule has 1 saturated carbocycles. The summed E-state index contributed by atoms with van der Waals surface area (Å²) in [5, 5.41) is 5.59. The molecule has 1 fully saturated rings. The molecule has 10 nitrogen and oxygen atoms in total. The maximum atomic E-state index is 14.3. The van der Waals surface area contributed by atoms with E-state index in [9.17, 15) is 19.2 Å². The molecule has 10 heteroatoms. The van der Waals surface area contributed by atoms with Gasteiger partial charge < -0.3 is 30.7 Å². The van der Waals surface area contributed by atoms with Crippen molar-refractivity contribution in [3.05, 3.63) is 59.2 Å². The average Bonchev–Trinajstić information content (AvgIpc) is 3.60. The number of amides is 4. The number of methoxy groups -OCH3 is 1. The molecule has 1 aliphatic rings. The molecule has 4 N–H and O–H groups in total. The van der Waals surface area contributed by atoms with Gasteiger partial charge in [0.25, 0.3) is 5.91 Å². The number of ether oxygens (including phenoxy) is 2. The molecule has 3 rings (SSSR count). The number of carbonyl (C=O) groups excluding carboxylic acids is 4. The van der Waals surface area contributed by atoms with Crippen LogP contribution in [0.25, 0.3) is 0 Å². The fourth-order valence-electron chi connectivity index (χ4n) is 4.78. The lowest BCUT2D eigenvalue weighted by Gasteiger charge is -2.35. The van der Waals surface area contributed by atoms with Crippen molar-refractivity contribution in [2.24, 2.45) is 11.7 Å². The molecule has 4 unspecified atom stereocenters. The SMILES string of the molecule is COc1ccc(NC(=O)C(c2ccc(C)cc2C)N(C(=O)C(CCC(N)=O)NC(=O)OC(C)(C)C)C2CC2C)cc1. The first-order valence-corrected chi connectivity index (χ1v) is 13.8. The monoisotopic (exact) mass is 566 g/mol. The van der Waals surface area contributed by atoms with Crippen LogP contribution < -0.4 is 21.1 Å². The van der Waals surface area contributed by atoms with Crippen LogP contribution in [0.5, 0.6) is 5.75 Å². The van der Waals surface area contributed by atoms with Gasteiger partial charge in [-0.1, -0.05) is 30.7 Å². The highest BCUT2D eigenvalue weighted by Gasteiger charge is 2.48. The second-order valence-corrected chi connectivity index (χ2v) is 11.7. The Hall–Kier alpha value is -4.08. The average molecular weight is 567 g/mol. The molecule has 4 atom stereocenters. The Bertz CT molecular complexity index is 1270. The molecule has 0 heterocycles. The van der Waals surface area contributed by atoms with Crippen LogP contribution in [0.4, 0.5) is 10.5 Å². The smallest absolute Gasteiger partial charge is 0.408 e. The third-order valence-electron chi connectivity index (χ3n) is 6.95. The zero-order chi connectivity index (χ0) is 30.5. The van der Waals surface area contributed by atoms with Crippen LogP contribution in [0.2, 0.25) is 0 Å². The zero-order valence-electron chi connectivity index (χ0n) is 24.9. The molecule has 0 saturated heterocycles. The predicted molar refractivity (Wildman–Crippen MR) is 156 cm³/mol. The lowest BCUT2D eigenvalue weighted by molar-refractivity contribution is -0.142. The fourth-order valence-corrected chi connectivity index (χ4v) is 4.78. The van der Waals surface area contributed by atoms with Crippen LogP contribution in [0.3, 0.4) is 0 Å². The topological polar surface area (TPSA) is 140 Å². The molecular formula is C31H42N4O6. The van der Waals surface area contributed by atoms with Gasteiger partial charge in [-0.05, 0) is 88.8 Å². The van der Waals surface area contributed by atoms with Crippen LogP contribution in [0.15, 0.2) is 42.5 Å². The maximum absolute atomic E-state index is 14.3. The number of nitrogens with one attached hydrogen (secondary N) is 2. The summed E-state index contributed by atoms with van der Waals surface area (Å²) in [6, 6.07) is 10.3. The van der Waals surface area contributed by atoms with E-state index in [0.29, 0.717) is 23.4 Å². The Kier molecular flexibility index (Phi) is 10.0. The highest BCUT2D eigenvalue weighted by Crippen LogP contribution is 2.42. The number of alkyl carbamates (subject to hydrolysis) is 1. The minimum Gasteiger partial charge on any atom is -0.497 e. The molecule has 41 heavy (non-hydrogen) atoms. The third kappa shape index (κ3) is 8.70. The number of hydrogen-bond donors (Lipinski definition) is 3. The summed E-state index contributed by atoms with van der Waals surface area (Å²) >= 11 is 0. The van der Waals surface area contributed by atoms with Crippen LogP contribution >= 0.6 is 0 Å². The molecule has 2 aromatic carbocycles. The lowest BCUT2D eigenvalue weighted by Crippen LogP contribution is -2.53. The van der Waals surface area contributed by atoms with Crippen molar-refractivity contribution in [2.75, 3.05) is 12.4 Å². The van der Waals surface area contributed by atoms with Crippen molar-refractivity contribution in [2.45, 2.75) is 84.5 Å². The second kappa shape index (κ2) is 13.1. The quantitative estimate of drug-likeness (QED) is 0.369. The molecule has 4 amide bonds. The van der Waals surface area contributed by atoms with E-state index >= 15 is 0 Å². The van der Waals surface area contributed by atoms with Crippen molar-refractivity contribution in [3.8, 4) is 5.75 Å². The van der Waals surface area contributed by atoms with Gasteiger partial charge in [0, 0.05) is 18.2 Å². The minimum atomic E-state index is -1.13. The summed E-state index contributed by atoms with van der Waals surface area (Å²) < 4.78 is 10.6. The van der Waals surface area contributed by atoms with E-state index in [2.05, 4.69) is 10.6 Å². The van der Waals surface area contributed by atoms with Crippen molar-refractivity contribution in [3.63, 3.8) is 0 Å². The van der Waals surface area contributed by atoms with Crippen molar-refractivity contribution in [1.29, 1.82) is 0 Å². The molecule has 0 spiro atoms. The standard InChI is InChI=1S/C31H42N4O6/c1-18-8-13-23(19(2)16-18)27(28(37)33-21-9-11-22(40-7)12-10-21)35(25-17-20(25)3)29(38)24(14-15-26(32)36)34-30(39)41-31(4,5)6/h8-13,16,20,24-25,27H,14-15,17H2,1-7H3,(H2,32,36)(H,33,37)(H,34,39). The van der Waals surface area contributed by atoms with Crippen molar-refractivity contribution < 1.29 is 28.7 Å². The molecule has 0 aromatic heterocycles. The summed E-state index contributed by atoms with van der Waals surface area (Å²) in [5.41, 5.74) is 7.67. The molecular weight excluding hydrogens is 524 g/mol. The first-order valence-electron chi connectivity index (χ1n) is 13.8. The highest BCUT2D eigenvalue weighted by atomic mass is 16.6. The maximum Gasteiger partial charge on any atom is 0.408 e. The number of rotatable bonds is 11. The van der Waals surface area contributed by atoms with Gasteiger partial charge in [-0.25, -0.2) is 4.79 Å². The van der Waals surface area contributed by atoms with Gasteiger partial charge in [0.05, 0.1) is 7.11 Å². The van der Waals surface area contributed by atoms with E-state index in [1.54, 1.807) is 57.0 Å². The van der Waals surface area contributed by atoms with E-state index in [-0.39, 0.29) is 24.8 Å². The van der Waals surface area contributed by atoms with Crippen LogP contribution in [-0.2, 0) is 19.1 Å². The van der Waals surface area contributed by atoms with Gasteiger partial charge in [-0.15, -0.1) is 0 Å². The molecule has 0 aliphatic heterocycles. The summed E-state index contributed by atoms with van der Waals surface area (Å²) in [6.07, 6.45) is -0.273. The largest absolute Gasteiger partial charge is 0.497 e. The number of nitrogens with zero attached hydrogens (tertiary/aromatic N) is 1. The second-order valence-electron chi connectivity index (χ2n) is 11.7.